The second kappa shape index (κ2) is 9.52. The van der Waals surface area contributed by atoms with Crippen molar-refractivity contribution in [3.05, 3.63) is 48.5 Å². The molecule has 2 amide bonds. The van der Waals surface area contributed by atoms with Gasteiger partial charge in [0, 0.05) is 31.7 Å². The third-order valence-electron chi connectivity index (χ3n) is 6.39. The van der Waals surface area contributed by atoms with E-state index in [1.807, 2.05) is 6.07 Å². The molecule has 0 saturated carbocycles. The molecule has 0 aliphatic carbocycles. The molecule has 9 heteroatoms. The van der Waals surface area contributed by atoms with Gasteiger partial charge in [0.2, 0.25) is 21.8 Å². The monoisotopic (exact) mass is 471 g/mol. The Labute approximate surface area is 194 Å². The predicted molar refractivity (Wildman–Crippen MR) is 126 cm³/mol. The van der Waals surface area contributed by atoms with Crippen LogP contribution in [0, 0.1) is 11.8 Å². The summed E-state index contributed by atoms with van der Waals surface area (Å²) in [4.78, 5) is 27.1. The zero-order chi connectivity index (χ0) is 23.6. The Hall–Kier alpha value is -2.91. The number of nitrogens with one attached hydrogen (secondary N) is 1. The molecule has 2 saturated heterocycles. The molecule has 1 atom stereocenters. The van der Waals surface area contributed by atoms with Crippen molar-refractivity contribution in [1.82, 2.24) is 4.31 Å². The van der Waals surface area contributed by atoms with Crippen molar-refractivity contribution >= 4 is 33.2 Å². The molecule has 0 radical (unpaired) electrons. The van der Waals surface area contributed by atoms with Crippen LogP contribution in [-0.4, -0.2) is 51.3 Å². The van der Waals surface area contributed by atoms with Crippen molar-refractivity contribution in [2.45, 2.75) is 31.1 Å². The maximum absolute atomic E-state index is 12.9. The first-order valence-corrected chi connectivity index (χ1v) is 12.6. The highest BCUT2D eigenvalue weighted by Crippen LogP contribution is 2.30. The van der Waals surface area contributed by atoms with Crippen LogP contribution >= 0.6 is 0 Å². The lowest BCUT2D eigenvalue weighted by Crippen LogP contribution is -2.37. The fourth-order valence-electron chi connectivity index (χ4n) is 4.29. The van der Waals surface area contributed by atoms with Crippen molar-refractivity contribution in [3.63, 3.8) is 0 Å². The van der Waals surface area contributed by atoms with Gasteiger partial charge in [-0.05, 0) is 55.2 Å². The number of carbonyl (C=O) groups excluding carboxylic acids is 2. The van der Waals surface area contributed by atoms with Gasteiger partial charge in [0.05, 0.1) is 23.6 Å². The number of sulfonamides is 1. The molecule has 2 aliphatic rings. The summed E-state index contributed by atoms with van der Waals surface area (Å²) in [5.41, 5.74) is 1.14. The fourth-order valence-corrected chi connectivity index (χ4v) is 5.76. The highest BCUT2D eigenvalue weighted by atomic mass is 32.2. The Morgan fingerprint density at radius 2 is 1.73 bits per heavy atom. The minimum atomic E-state index is -3.55. The lowest BCUT2D eigenvalue weighted by molar-refractivity contribution is -0.122. The highest BCUT2D eigenvalue weighted by Gasteiger charge is 2.36. The van der Waals surface area contributed by atoms with Gasteiger partial charge in [-0.2, -0.15) is 4.31 Å². The van der Waals surface area contributed by atoms with E-state index >= 15 is 0 Å². The Kier molecular flexibility index (Phi) is 6.71. The molecule has 176 valence electrons. The maximum atomic E-state index is 12.9. The standard InChI is InChI=1S/C24H29N3O5S/c1-17-11-13-26(14-12-17)33(30,31)20-9-7-19(8-10-20)27-16-18(15-23(27)28)24(29)25-21-5-3-4-6-22(21)32-2/h3-10,17-18H,11-16H2,1-2H3,(H,25,29). The Morgan fingerprint density at radius 1 is 1.06 bits per heavy atom. The number of rotatable bonds is 6. The molecule has 33 heavy (non-hydrogen) atoms. The molecule has 4 rings (SSSR count). The summed E-state index contributed by atoms with van der Waals surface area (Å²) in [6, 6.07) is 13.5. The third-order valence-corrected chi connectivity index (χ3v) is 8.30. The van der Waals surface area contributed by atoms with Crippen molar-refractivity contribution in [2.24, 2.45) is 11.8 Å². The van der Waals surface area contributed by atoms with Crippen molar-refractivity contribution < 1.29 is 22.7 Å². The number of hydrogen-bond donors (Lipinski definition) is 1. The molecule has 2 aromatic rings. The smallest absolute Gasteiger partial charge is 0.243 e. The van der Waals surface area contributed by atoms with Gasteiger partial charge in [0.15, 0.2) is 0 Å². The number of nitrogens with zero attached hydrogens (tertiary/aromatic N) is 2. The summed E-state index contributed by atoms with van der Waals surface area (Å²) in [6.45, 7) is 3.42. The van der Waals surface area contributed by atoms with Crippen LogP contribution in [0.15, 0.2) is 53.4 Å². The number of piperidine rings is 1. The molecular weight excluding hydrogens is 442 g/mol. The van der Waals surface area contributed by atoms with Gasteiger partial charge in [0.25, 0.3) is 0 Å². The number of methoxy groups -OCH3 is 1. The molecule has 2 aliphatic heterocycles. The van der Waals surface area contributed by atoms with Crippen LogP contribution in [0.25, 0.3) is 0 Å². The minimum Gasteiger partial charge on any atom is -0.495 e. The summed E-state index contributed by atoms with van der Waals surface area (Å²) in [5, 5.41) is 2.84. The average molecular weight is 472 g/mol. The number of carbonyl (C=O) groups is 2. The number of anilines is 2. The van der Waals surface area contributed by atoms with Gasteiger partial charge < -0.3 is 15.0 Å². The van der Waals surface area contributed by atoms with E-state index in [1.54, 1.807) is 30.3 Å². The molecule has 2 heterocycles. The zero-order valence-electron chi connectivity index (χ0n) is 18.9. The van der Waals surface area contributed by atoms with Crippen LogP contribution in [0.3, 0.4) is 0 Å². The van der Waals surface area contributed by atoms with Gasteiger partial charge in [-0.3, -0.25) is 9.59 Å². The van der Waals surface area contributed by atoms with Gasteiger partial charge in [0.1, 0.15) is 5.75 Å². The number of benzene rings is 2. The molecule has 8 nitrogen and oxygen atoms in total. The molecule has 2 aromatic carbocycles. The Morgan fingerprint density at radius 3 is 2.39 bits per heavy atom. The van der Waals surface area contributed by atoms with E-state index in [0.29, 0.717) is 36.1 Å². The number of ether oxygens (including phenoxy) is 1. The Bertz CT molecular complexity index is 1130. The molecule has 0 aromatic heterocycles. The summed E-state index contributed by atoms with van der Waals surface area (Å²) in [7, 11) is -2.02. The molecule has 1 unspecified atom stereocenters. The van der Waals surface area contributed by atoms with E-state index in [1.165, 1.54) is 28.4 Å². The number of para-hydroxylation sites is 2. The van der Waals surface area contributed by atoms with Crippen LogP contribution in [0.4, 0.5) is 11.4 Å². The predicted octanol–water partition coefficient (Wildman–Crippen LogP) is 3.11. The lowest BCUT2D eigenvalue weighted by Gasteiger charge is -2.29. The third kappa shape index (κ3) is 4.89. The van der Waals surface area contributed by atoms with E-state index in [9.17, 15) is 18.0 Å². The molecule has 0 bridgehead atoms. The van der Waals surface area contributed by atoms with Crippen molar-refractivity contribution in [3.8, 4) is 5.75 Å². The molecular formula is C24H29N3O5S. The Balaban J connectivity index is 1.43. The SMILES string of the molecule is COc1ccccc1NC(=O)C1CC(=O)N(c2ccc(S(=O)(=O)N3CCC(C)CC3)cc2)C1. The van der Waals surface area contributed by atoms with E-state index in [2.05, 4.69) is 12.2 Å². The molecule has 0 spiro atoms. The van der Waals surface area contributed by atoms with Crippen LogP contribution < -0.4 is 15.0 Å². The summed E-state index contributed by atoms with van der Waals surface area (Å²) in [5.74, 6) is 0.144. The number of amides is 2. The second-order valence-electron chi connectivity index (χ2n) is 8.68. The van der Waals surface area contributed by atoms with Gasteiger partial charge in [-0.1, -0.05) is 19.1 Å². The van der Waals surface area contributed by atoms with Gasteiger partial charge in [-0.25, -0.2) is 8.42 Å². The normalized spacial score (nSPS) is 20.1. The van der Waals surface area contributed by atoms with Crippen molar-refractivity contribution in [1.29, 1.82) is 0 Å². The van der Waals surface area contributed by atoms with Crippen LogP contribution in [-0.2, 0) is 19.6 Å². The van der Waals surface area contributed by atoms with E-state index in [4.69, 9.17) is 4.74 Å². The van der Waals surface area contributed by atoms with Gasteiger partial charge >= 0.3 is 0 Å². The second-order valence-corrected chi connectivity index (χ2v) is 10.6. The highest BCUT2D eigenvalue weighted by molar-refractivity contribution is 7.89. The first-order chi connectivity index (χ1) is 15.8. The average Bonchev–Trinajstić information content (AvgIpc) is 3.21. The number of hydrogen-bond acceptors (Lipinski definition) is 5. The van der Waals surface area contributed by atoms with Gasteiger partial charge in [-0.15, -0.1) is 0 Å². The fraction of sp³-hybridized carbons (Fsp3) is 0.417. The lowest BCUT2D eigenvalue weighted by atomic mass is 10.0. The first-order valence-electron chi connectivity index (χ1n) is 11.1. The van der Waals surface area contributed by atoms with E-state index < -0.39 is 15.9 Å². The topological polar surface area (TPSA) is 96.0 Å². The van der Waals surface area contributed by atoms with E-state index in [-0.39, 0.29) is 29.7 Å². The van der Waals surface area contributed by atoms with Crippen LogP contribution in [0.1, 0.15) is 26.2 Å². The first kappa shape index (κ1) is 23.3. The largest absolute Gasteiger partial charge is 0.495 e. The quantitative estimate of drug-likeness (QED) is 0.698. The molecule has 2 fully saturated rings. The maximum Gasteiger partial charge on any atom is 0.243 e. The summed E-state index contributed by atoms with van der Waals surface area (Å²) < 4.78 is 32.7. The molecule has 1 N–H and O–H groups in total. The van der Waals surface area contributed by atoms with Crippen molar-refractivity contribution in [2.75, 3.05) is 37.0 Å². The summed E-state index contributed by atoms with van der Waals surface area (Å²) in [6.07, 6.45) is 1.81. The van der Waals surface area contributed by atoms with E-state index in [0.717, 1.165) is 12.8 Å². The van der Waals surface area contributed by atoms with Crippen LogP contribution in [0.5, 0.6) is 5.75 Å². The van der Waals surface area contributed by atoms with Crippen LogP contribution in [0.2, 0.25) is 0 Å². The minimum absolute atomic E-state index is 0.0903. The zero-order valence-corrected chi connectivity index (χ0v) is 19.7. The summed E-state index contributed by atoms with van der Waals surface area (Å²) >= 11 is 0.